The van der Waals surface area contributed by atoms with Crippen LogP contribution in [0.3, 0.4) is 0 Å². The molecule has 2 aromatic carbocycles. The van der Waals surface area contributed by atoms with Crippen molar-refractivity contribution in [2.24, 2.45) is 0 Å². The molecule has 1 saturated heterocycles. The number of nitrogens with one attached hydrogen (secondary N) is 2. The molecule has 4 nitrogen and oxygen atoms in total. The van der Waals surface area contributed by atoms with Gasteiger partial charge in [-0.25, -0.2) is 4.39 Å². The van der Waals surface area contributed by atoms with Crippen molar-refractivity contribution in [2.75, 3.05) is 30.8 Å². The van der Waals surface area contributed by atoms with Crippen LogP contribution < -0.4 is 10.6 Å². The predicted octanol–water partition coefficient (Wildman–Crippen LogP) is 3.51. The van der Waals surface area contributed by atoms with Crippen LogP contribution >= 0.6 is 0 Å². The van der Waals surface area contributed by atoms with Gasteiger partial charge in [-0.3, -0.25) is 4.79 Å². The largest absolute Gasteiger partial charge is 0.381 e. The molecule has 3 rings (SSSR count). The van der Waals surface area contributed by atoms with Crippen molar-refractivity contribution in [1.82, 2.24) is 4.90 Å². The number of nitrogens with zero attached hydrogens (tertiary/aromatic N) is 1. The summed E-state index contributed by atoms with van der Waals surface area (Å²) in [6.45, 7) is 2.15. The molecule has 1 amide bonds. The Kier molecular flexibility index (Phi) is 5.66. The van der Waals surface area contributed by atoms with E-state index in [4.69, 9.17) is 0 Å². The van der Waals surface area contributed by atoms with Gasteiger partial charge in [0.1, 0.15) is 5.82 Å². The Morgan fingerprint density at radius 3 is 2.56 bits per heavy atom. The van der Waals surface area contributed by atoms with E-state index in [0.29, 0.717) is 11.6 Å². The van der Waals surface area contributed by atoms with Gasteiger partial charge in [-0.05, 0) is 62.8 Å². The number of piperidine rings is 1. The quantitative estimate of drug-likeness (QED) is 0.875. The van der Waals surface area contributed by atoms with Crippen LogP contribution in [0.15, 0.2) is 48.5 Å². The highest BCUT2D eigenvalue weighted by atomic mass is 19.1. The number of benzene rings is 2. The molecule has 5 heteroatoms. The van der Waals surface area contributed by atoms with E-state index in [9.17, 15) is 9.18 Å². The van der Waals surface area contributed by atoms with Gasteiger partial charge in [-0.15, -0.1) is 0 Å². The smallest absolute Gasteiger partial charge is 0.228 e. The fraction of sp³-hybridized carbons (Fsp3) is 0.350. The highest BCUT2D eigenvalue weighted by Crippen LogP contribution is 2.24. The highest BCUT2D eigenvalue weighted by Gasteiger charge is 2.17. The van der Waals surface area contributed by atoms with E-state index in [1.54, 1.807) is 12.1 Å². The number of carbonyl (C=O) groups excluding carboxylic acids is 1. The first-order valence-corrected chi connectivity index (χ1v) is 8.68. The number of likely N-dealkylation sites (tertiary alicyclic amines) is 1. The summed E-state index contributed by atoms with van der Waals surface area (Å²) in [6, 6.07) is 14.3. The lowest BCUT2D eigenvalue weighted by Crippen LogP contribution is -2.36. The number of para-hydroxylation sites is 2. The number of halogens is 1. The highest BCUT2D eigenvalue weighted by molar-refractivity contribution is 5.95. The van der Waals surface area contributed by atoms with Crippen LogP contribution in [0, 0.1) is 5.82 Å². The molecule has 2 N–H and O–H groups in total. The molecule has 0 spiro atoms. The van der Waals surface area contributed by atoms with E-state index in [1.807, 2.05) is 24.3 Å². The average Bonchev–Trinajstić information content (AvgIpc) is 2.58. The van der Waals surface area contributed by atoms with Crippen LogP contribution in [0.4, 0.5) is 15.8 Å². The summed E-state index contributed by atoms with van der Waals surface area (Å²) in [4.78, 5) is 14.6. The molecule has 0 atom stereocenters. The average molecular weight is 341 g/mol. The summed E-state index contributed by atoms with van der Waals surface area (Å²) < 4.78 is 13.3. The van der Waals surface area contributed by atoms with Crippen LogP contribution in [0.5, 0.6) is 0 Å². The Balaban J connectivity index is 1.63. The maximum atomic E-state index is 13.3. The monoisotopic (exact) mass is 341 g/mol. The van der Waals surface area contributed by atoms with Crippen molar-refractivity contribution < 1.29 is 9.18 Å². The number of amides is 1. The second kappa shape index (κ2) is 8.12. The molecular formula is C20H24FN3O. The van der Waals surface area contributed by atoms with Crippen LogP contribution in [-0.2, 0) is 11.2 Å². The Hall–Kier alpha value is -2.40. The number of hydrogen-bond acceptors (Lipinski definition) is 3. The van der Waals surface area contributed by atoms with Crippen molar-refractivity contribution in [3.8, 4) is 0 Å². The van der Waals surface area contributed by atoms with Gasteiger partial charge in [0.25, 0.3) is 0 Å². The lowest BCUT2D eigenvalue weighted by molar-refractivity contribution is -0.115. The van der Waals surface area contributed by atoms with Crippen LogP contribution in [0.25, 0.3) is 0 Å². The molecule has 1 aliphatic rings. The second-order valence-corrected chi connectivity index (χ2v) is 6.62. The zero-order valence-electron chi connectivity index (χ0n) is 14.5. The van der Waals surface area contributed by atoms with Crippen molar-refractivity contribution in [3.05, 3.63) is 59.9 Å². The van der Waals surface area contributed by atoms with Gasteiger partial charge in [-0.2, -0.15) is 0 Å². The molecule has 0 bridgehead atoms. The standard InChI is InChI=1S/C20H24FN3O/c1-24-11-9-17(10-12-24)22-18-7-2-3-8-19(18)23-20(25)14-15-5-4-6-16(21)13-15/h2-8,13,17,22H,9-12,14H2,1H3,(H,23,25). The van der Waals surface area contributed by atoms with E-state index >= 15 is 0 Å². The maximum Gasteiger partial charge on any atom is 0.228 e. The van der Waals surface area contributed by atoms with E-state index < -0.39 is 0 Å². The minimum absolute atomic E-state index is 0.150. The lowest BCUT2D eigenvalue weighted by Gasteiger charge is -2.30. The zero-order chi connectivity index (χ0) is 17.6. The zero-order valence-corrected chi connectivity index (χ0v) is 14.5. The molecule has 0 unspecified atom stereocenters. The van der Waals surface area contributed by atoms with Gasteiger partial charge < -0.3 is 15.5 Å². The second-order valence-electron chi connectivity index (χ2n) is 6.62. The first kappa shape index (κ1) is 17.4. The molecule has 0 aromatic heterocycles. The summed E-state index contributed by atoms with van der Waals surface area (Å²) in [5.74, 6) is -0.474. The Bertz CT molecular complexity index is 726. The summed E-state index contributed by atoms with van der Waals surface area (Å²) in [7, 11) is 2.14. The number of hydrogen-bond donors (Lipinski definition) is 2. The molecule has 132 valence electrons. The van der Waals surface area contributed by atoms with Crippen molar-refractivity contribution in [1.29, 1.82) is 0 Å². The third-order valence-electron chi connectivity index (χ3n) is 4.53. The third-order valence-corrected chi connectivity index (χ3v) is 4.53. The molecule has 0 radical (unpaired) electrons. The van der Waals surface area contributed by atoms with Crippen LogP contribution in [-0.4, -0.2) is 37.0 Å². The summed E-state index contributed by atoms with van der Waals surface area (Å²) in [6.07, 6.45) is 2.32. The molecule has 1 aliphatic heterocycles. The van der Waals surface area contributed by atoms with Crippen molar-refractivity contribution >= 4 is 17.3 Å². The van der Waals surface area contributed by atoms with Gasteiger partial charge in [0.15, 0.2) is 0 Å². The van der Waals surface area contributed by atoms with Gasteiger partial charge in [-0.1, -0.05) is 24.3 Å². The fourth-order valence-electron chi connectivity index (χ4n) is 3.12. The van der Waals surface area contributed by atoms with Gasteiger partial charge in [0.05, 0.1) is 17.8 Å². The van der Waals surface area contributed by atoms with E-state index in [1.165, 1.54) is 12.1 Å². The summed E-state index contributed by atoms with van der Waals surface area (Å²) >= 11 is 0. The Morgan fingerprint density at radius 2 is 1.84 bits per heavy atom. The summed E-state index contributed by atoms with van der Waals surface area (Å²) in [5.41, 5.74) is 2.37. The third kappa shape index (κ3) is 5.03. The summed E-state index contributed by atoms with van der Waals surface area (Å²) in [5, 5.41) is 6.49. The Morgan fingerprint density at radius 1 is 1.12 bits per heavy atom. The Labute approximate surface area is 148 Å². The molecule has 25 heavy (non-hydrogen) atoms. The first-order chi connectivity index (χ1) is 12.1. The van der Waals surface area contributed by atoms with Gasteiger partial charge in [0, 0.05) is 6.04 Å². The fourth-order valence-corrected chi connectivity index (χ4v) is 3.12. The SMILES string of the molecule is CN1CCC(Nc2ccccc2NC(=O)Cc2cccc(F)c2)CC1. The molecule has 0 aliphatic carbocycles. The maximum absolute atomic E-state index is 13.3. The van der Waals surface area contributed by atoms with Crippen molar-refractivity contribution in [2.45, 2.75) is 25.3 Å². The van der Waals surface area contributed by atoms with Crippen LogP contribution in [0.1, 0.15) is 18.4 Å². The van der Waals surface area contributed by atoms with E-state index in [0.717, 1.165) is 37.3 Å². The van der Waals surface area contributed by atoms with Crippen molar-refractivity contribution in [3.63, 3.8) is 0 Å². The molecule has 0 saturated carbocycles. The number of rotatable bonds is 5. The molecule has 1 fully saturated rings. The number of carbonyl (C=O) groups is 1. The van der Waals surface area contributed by atoms with E-state index in [2.05, 4.69) is 22.6 Å². The molecule has 2 aromatic rings. The van der Waals surface area contributed by atoms with E-state index in [-0.39, 0.29) is 18.1 Å². The predicted molar refractivity (Wildman–Crippen MR) is 99.3 cm³/mol. The number of anilines is 2. The normalized spacial score (nSPS) is 15.8. The topological polar surface area (TPSA) is 44.4 Å². The van der Waals surface area contributed by atoms with Gasteiger partial charge in [0.2, 0.25) is 5.91 Å². The first-order valence-electron chi connectivity index (χ1n) is 8.68. The van der Waals surface area contributed by atoms with Gasteiger partial charge >= 0.3 is 0 Å². The molecule has 1 heterocycles. The van der Waals surface area contributed by atoms with Crippen LogP contribution in [0.2, 0.25) is 0 Å². The molecular weight excluding hydrogens is 317 g/mol. The lowest BCUT2D eigenvalue weighted by atomic mass is 10.0. The minimum Gasteiger partial charge on any atom is -0.381 e. The minimum atomic E-state index is -0.324.